The molecule has 4 heterocycles. The maximum atomic E-state index is 12.7. The number of hydrogen-bond donors (Lipinski definition) is 1. The van der Waals surface area contributed by atoms with Crippen molar-refractivity contribution in [3.63, 3.8) is 0 Å². The molecule has 0 saturated carbocycles. The first kappa shape index (κ1) is 20.2. The maximum Gasteiger partial charge on any atom is 0.234 e. The second-order valence-corrected chi connectivity index (χ2v) is 9.52. The van der Waals surface area contributed by atoms with Crippen LogP contribution in [0.1, 0.15) is 28.5 Å². The number of thiophene rings is 1. The van der Waals surface area contributed by atoms with E-state index in [9.17, 15) is 4.79 Å². The van der Waals surface area contributed by atoms with E-state index in [0.29, 0.717) is 26.2 Å². The van der Waals surface area contributed by atoms with Crippen molar-refractivity contribution in [2.45, 2.75) is 26.0 Å². The monoisotopic (exact) mass is 452 g/mol. The molecule has 1 aromatic carbocycles. The summed E-state index contributed by atoms with van der Waals surface area (Å²) in [6.07, 6.45) is 4.67. The molecule has 3 aromatic heterocycles. The second kappa shape index (κ2) is 8.82. The van der Waals surface area contributed by atoms with E-state index >= 15 is 0 Å². The lowest BCUT2D eigenvalue weighted by atomic mass is 10.1. The predicted octanol–water partition coefficient (Wildman–Crippen LogP) is 4.06. The highest BCUT2D eigenvalue weighted by molar-refractivity contribution is 7.15. The van der Waals surface area contributed by atoms with Crippen molar-refractivity contribution in [1.29, 1.82) is 0 Å². The Balaban J connectivity index is 1.23. The zero-order valence-corrected chi connectivity index (χ0v) is 18.9. The van der Waals surface area contributed by atoms with Crippen LogP contribution in [-0.2, 0) is 17.8 Å². The highest BCUT2D eigenvalue weighted by Gasteiger charge is 2.26. The van der Waals surface area contributed by atoms with E-state index in [4.69, 9.17) is 4.74 Å². The number of carbonyl (C=O) groups excluding carboxylic acids is 1. The summed E-state index contributed by atoms with van der Waals surface area (Å²) in [6, 6.07) is 8.37. The van der Waals surface area contributed by atoms with Gasteiger partial charge in [-0.3, -0.25) is 14.1 Å². The molecule has 31 heavy (non-hydrogen) atoms. The molecule has 1 N–H and O–H groups in total. The topological polar surface area (TPSA) is 58.9 Å². The van der Waals surface area contributed by atoms with Gasteiger partial charge < -0.3 is 10.1 Å². The molecule has 4 aromatic rings. The zero-order valence-electron chi connectivity index (χ0n) is 17.3. The van der Waals surface area contributed by atoms with Crippen LogP contribution in [0, 0.1) is 6.92 Å². The third-order valence-corrected chi connectivity index (χ3v) is 6.90. The van der Waals surface area contributed by atoms with Crippen LogP contribution in [0.25, 0.3) is 4.96 Å². The van der Waals surface area contributed by atoms with Crippen LogP contribution in [-0.4, -0.2) is 39.8 Å². The van der Waals surface area contributed by atoms with Crippen molar-refractivity contribution in [1.82, 2.24) is 19.6 Å². The lowest BCUT2D eigenvalue weighted by Crippen LogP contribution is -2.39. The molecule has 0 bridgehead atoms. The molecule has 0 spiro atoms. The third-order valence-electron chi connectivity index (χ3n) is 5.43. The first-order valence-corrected chi connectivity index (χ1v) is 12.1. The smallest absolute Gasteiger partial charge is 0.234 e. The van der Waals surface area contributed by atoms with Crippen molar-refractivity contribution in [3.05, 3.63) is 75.2 Å². The number of fused-ring (bicyclic) bond motifs is 2. The molecule has 6 nitrogen and oxygen atoms in total. The standard InChI is InChI=1S/C23H24N4O2S2/c1-16-2-3-20-18(10-16)11-26(13-21(29-20)17-5-8-30-15-17)14-22(28)24-6-4-19-12-27-7-9-31-23(27)25-19/h2-3,5,7-10,12,15,21H,4,6,11,13-14H2,1H3,(H,24,28)/t21-/m0/s1. The highest BCUT2D eigenvalue weighted by Crippen LogP contribution is 2.32. The Morgan fingerprint density at radius 2 is 2.26 bits per heavy atom. The Hall–Kier alpha value is -2.68. The molecular weight excluding hydrogens is 428 g/mol. The average molecular weight is 453 g/mol. The van der Waals surface area contributed by atoms with Crippen LogP contribution >= 0.6 is 22.7 Å². The number of carbonyl (C=O) groups is 1. The van der Waals surface area contributed by atoms with Gasteiger partial charge in [-0.15, -0.1) is 11.3 Å². The summed E-state index contributed by atoms with van der Waals surface area (Å²) in [5, 5.41) is 9.26. The summed E-state index contributed by atoms with van der Waals surface area (Å²) in [6.45, 7) is 4.38. The van der Waals surface area contributed by atoms with Crippen molar-refractivity contribution in [3.8, 4) is 5.75 Å². The van der Waals surface area contributed by atoms with Crippen molar-refractivity contribution < 1.29 is 9.53 Å². The van der Waals surface area contributed by atoms with Gasteiger partial charge >= 0.3 is 0 Å². The summed E-state index contributed by atoms with van der Waals surface area (Å²) in [7, 11) is 0. The first-order chi connectivity index (χ1) is 15.1. The normalized spacial score (nSPS) is 16.6. The number of rotatable bonds is 6. The molecule has 0 radical (unpaired) electrons. The molecule has 1 atom stereocenters. The van der Waals surface area contributed by atoms with Gasteiger partial charge in [0.25, 0.3) is 0 Å². The molecular formula is C23H24N4O2S2. The number of nitrogens with one attached hydrogen (secondary N) is 1. The van der Waals surface area contributed by atoms with Crippen molar-refractivity contribution in [2.24, 2.45) is 0 Å². The van der Waals surface area contributed by atoms with Crippen LogP contribution in [0.2, 0.25) is 0 Å². The minimum Gasteiger partial charge on any atom is -0.484 e. The number of hydrogen-bond acceptors (Lipinski definition) is 6. The summed E-state index contributed by atoms with van der Waals surface area (Å²) in [5.74, 6) is 0.936. The zero-order chi connectivity index (χ0) is 21.2. The molecule has 160 valence electrons. The van der Waals surface area contributed by atoms with Gasteiger partial charge in [-0.25, -0.2) is 4.98 Å². The number of aryl methyl sites for hydroxylation is 1. The van der Waals surface area contributed by atoms with Crippen LogP contribution in [0.4, 0.5) is 0 Å². The van der Waals surface area contributed by atoms with Gasteiger partial charge in [0.2, 0.25) is 5.91 Å². The fraction of sp³-hybridized carbons (Fsp3) is 0.304. The number of benzene rings is 1. The van der Waals surface area contributed by atoms with Crippen LogP contribution in [0.15, 0.2) is 52.8 Å². The van der Waals surface area contributed by atoms with Crippen LogP contribution in [0.5, 0.6) is 5.75 Å². The Labute approximate surface area is 189 Å². The maximum absolute atomic E-state index is 12.7. The number of nitrogens with zero attached hydrogens (tertiary/aromatic N) is 3. The van der Waals surface area contributed by atoms with Gasteiger partial charge in [-0.1, -0.05) is 17.7 Å². The van der Waals surface area contributed by atoms with Crippen LogP contribution in [0.3, 0.4) is 0 Å². The van der Waals surface area contributed by atoms with Crippen LogP contribution < -0.4 is 10.1 Å². The molecule has 0 saturated heterocycles. The number of aromatic nitrogens is 2. The molecule has 5 rings (SSSR count). The van der Waals surface area contributed by atoms with E-state index in [-0.39, 0.29) is 12.0 Å². The Morgan fingerprint density at radius 3 is 3.10 bits per heavy atom. The Kier molecular flexibility index (Phi) is 5.76. The SMILES string of the molecule is Cc1ccc2c(c1)CN(CC(=O)NCCc1cn3ccsc3n1)C[C@@H](c1ccsc1)O2. The largest absolute Gasteiger partial charge is 0.484 e. The average Bonchev–Trinajstić information content (AvgIpc) is 3.45. The summed E-state index contributed by atoms with van der Waals surface area (Å²) in [4.78, 5) is 20.4. The fourth-order valence-corrected chi connectivity index (χ4v) is 5.34. The number of amides is 1. The molecule has 1 amide bonds. The minimum atomic E-state index is -0.0820. The van der Waals surface area contributed by atoms with E-state index in [2.05, 4.69) is 51.1 Å². The van der Waals surface area contributed by atoms with E-state index in [0.717, 1.165) is 34.0 Å². The quantitative estimate of drug-likeness (QED) is 0.479. The number of thiazole rings is 1. The van der Waals surface area contributed by atoms with Gasteiger partial charge in [-0.05, 0) is 29.8 Å². The molecule has 8 heteroatoms. The highest BCUT2D eigenvalue weighted by atomic mass is 32.1. The van der Waals surface area contributed by atoms with Crippen molar-refractivity contribution >= 4 is 33.5 Å². The van der Waals surface area contributed by atoms with Gasteiger partial charge in [0.05, 0.1) is 12.2 Å². The van der Waals surface area contributed by atoms with E-state index in [1.54, 1.807) is 22.7 Å². The molecule has 0 aliphatic carbocycles. The predicted molar refractivity (Wildman–Crippen MR) is 124 cm³/mol. The lowest BCUT2D eigenvalue weighted by molar-refractivity contribution is -0.122. The second-order valence-electron chi connectivity index (χ2n) is 7.87. The van der Waals surface area contributed by atoms with E-state index in [1.807, 2.05) is 28.2 Å². The number of ether oxygens (including phenoxy) is 1. The van der Waals surface area contributed by atoms with Gasteiger partial charge in [-0.2, -0.15) is 11.3 Å². The molecule has 1 aliphatic rings. The molecule has 0 unspecified atom stereocenters. The first-order valence-electron chi connectivity index (χ1n) is 10.3. The van der Waals surface area contributed by atoms with Gasteiger partial charge in [0, 0.05) is 55.0 Å². The van der Waals surface area contributed by atoms with E-state index < -0.39 is 0 Å². The third kappa shape index (κ3) is 4.66. The van der Waals surface area contributed by atoms with Gasteiger partial charge in [0.1, 0.15) is 11.9 Å². The molecule has 1 aliphatic heterocycles. The summed E-state index contributed by atoms with van der Waals surface area (Å²) >= 11 is 3.28. The van der Waals surface area contributed by atoms with Crippen molar-refractivity contribution in [2.75, 3.05) is 19.6 Å². The Bertz CT molecular complexity index is 1150. The Morgan fingerprint density at radius 1 is 1.32 bits per heavy atom. The number of imidazole rings is 1. The minimum absolute atomic E-state index is 0.0289. The lowest BCUT2D eigenvalue weighted by Gasteiger charge is -2.23. The molecule has 0 fully saturated rings. The summed E-state index contributed by atoms with van der Waals surface area (Å²) < 4.78 is 8.37. The van der Waals surface area contributed by atoms with Gasteiger partial charge in [0.15, 0.2) is 4.96 Å². The van der Waals surface area contributed by atoms with E-state index in [1.165, 1.54) is 5.56 Å². The summed E-state index contributed by atoms with van der Waals surface area (Å²) in [5.41, 5.74) is 4.48. The fourth-order valence-electron chi connectivity index (χ4n) is 3.91.